The Kier molecular flexibility index (Phi) is 15.5. The van der Waals surface area contributed by atoms with Gasteiger partial charge in [-0.3, -0.25) is 4.79 Å². The molecule has 0 saturated carbocycles. The Hall–Kier alpha value is -1.99. The molecule has 0 N–H and O–H groups in total. The second-order valence-corrected chi connectivity index (χ2v) is 8.82. The van der Waals surface area contributed by atoms with Crippen molar-refractivity contribution in [2.45, 2.75) is 76.4 Å². The zero-order chi connectivity index (χ0) is 21.9. The molecular weight excluding hydrogens is 390 g/mol. The van der Waals surface area contributed by atoms with E-state index in [9.17, 15) is 4.79 Å². The van der Waals surface area contributed by atoms with Crippen LogP contribution in [0, 0.1) is 11.3 Å². The number of methoxy groups -OCH3 is 1. The van der Waals surface area contributed by atoms with Crippen LogP contribution in [0.2, 0.25) is 0 Å². The molecule has 1 aromatic rings. The third kappa shape index (κ3) is 13.3. The van der Waals surface area contributed by atoms with Gasteiger partial charge in [-0.05, 0) is 37.0 Å². The smallest absolute Gasteiger partial charge is 0.306 e. The normalized spacial score (nSPS) is 12.3. The van der Waals surface area contributed by atoms with Crippen molar-refractivity contribution in [2.24, 2.45) is 0 Å². The first-order chi connectivity index (χ1) is 14.7. The lowest BCUT2D eigenvalue weighted by Gasteiger charge is -2.12. The molecule has 0 fully saturated rings. The number of unbranched alkanes of at least 4 members (excludes halogenated alkanes) is 7. The van der Waals surface area contributed by atoms with E-state index in [2.05, 4.69) is 43.4 Å². The number of rotatable bonds is 16. The average molecular weight is 428 g/mol. The van der Waals surface area contributed by atoms with Crippen LogP contribution in [0.1, 0.15) is 75.8 Å². The summed E-state index contributed by atoms with van der Waals surface area (Å²) >= 11 is 1.75. The van der Waals surface area contributed by atoms with Crippen LogP contribution >= 0.6 is 11.8 Å². The summed E-state index contributed by atoms with van der Waals surface area (Å²) in [4.78, 5) is 11.4. The van der Waals surface area contributed by atoms with Crippen molar-refractivity contribution in [1.29, 1.82) is 5.26 Å². The van der Waals surface area contributed by atoms with Crippen molar-refractivity contribution in [2.75, 3.05) is 12.9 Å². The summed E-state index contributed by atoms with van der Waals surface area (Å²) < 4.78 is 4.74. The minimum atomic E-state index is -0.175. The number of carbonyl (C=O) groups excluding carboxylic acids is 1. The van der Waals surface area contributed by atoms with Gasteiger partial charge in [-0.1, -0.05) is 81.9 Å². The van der Waals surface area contributed by atoms with E-state index in [1.165, 1.54) is 52.1 Å². The SMILES string of the molecule is CCCCCCCCCC=CC=CC(Cc1cccc(C#N)c1)SCCC(=O)OC. The monoisotopic (exact) mass is 427 g/mol. The summed E-state index contributed by atoms with van der Waals surface area (Å²) in [5.41, 5.74) is 1.82. The van der Waals surface area contributed by atoms with E-state index in [1.807, 2.05) is 18.2 Å². The molecule has 1 aromatic carbocycles. The maximum atomic E-state index is 11.4. The second-order valence-electron chi connectivity index (χ2n) is 7.47. The number of esters is 1. The first kappa shape index (κ1) is 26.0. The molecule has 3 nitrogen and oxygen atoms in total. The summed E-state index contributed by atoms with van der Waals surface area (Å²) in [5.74, 6) is 0.549. The van der Waals surface area contributed by atoms with Gasteiger partial charge in [-0.25, -0.2) is 0 Å². The summed E-state index contributed by atoms with van der Waals surface area (Å²) in [7, 11) is 1.42. The predicted molar refractivity (Wildman–Crippen MR) is 129 cm³/mol. The molecule has 0 heterocycles. The van der Waals surface area contributed by atoms with E-state index in [0.29, 0.717) is 12.0 Å². The number of ether oxygens (including phenoxy) is 1. The van der Waals surface area contributed by atoms with Gasteiger partial charge < -0.3 is 4.74 Å². The van der Waals surface area contributed by atoms with E-state index in [-0.39, 0.29) is 11.2 Å². The number of hydrogen-bond acceptors (Lipinski definition) is 4. The fraction of sp³-hybridized carbons (Fsp3) is 0.538. The summed E-state index contributed by atoms with van der Waals surface area (Å²) in [6.45, 7) is 2.25. The molecule has 1 unspecified atom stereocenters. The Morgan fingerprint density at radius 2 is 1.93 bits per heavy atom. The molecule has 0 amide bonds. The molecule has 30 heavy (non-hydrogen) atoms. The van der Waals surface area contributed by atoms with Crippen LogP contribution in [0.25, 0.3) is 0 Å². The van der Waals surface area contributed by atoms with Gasteiger partial charge in [0, 0.05) is 11.0 Å². The van der Waals surface area contributed by atoms with Gasteiger partial charge in [0.05, 0.1) is 25.2 Å². The van der Waals surface area contributed by atoms with E-state index in [0.717, 1.165) is 24.2 Å². The van der Waals surface area contributed by atoms with E-state index in [1.54, 1.807) is 11.8 Å². The Bertz CT molecular complexity index is 691. The molecule has 1 atom stereocenters. The van der Waals surface area contributed by atoms with Gasteiger partial charge in [0.25, 0.3) is 0 Å². The molecule has 0 aromatic heterocycles. The van der Waals surface area contributed by atoms with Gasteiger partial charge in [-0.2, -0.15) is 17.0 Å². The minimum Gasteiger partial charge on any atom is -0.469 e. The van der Waals surface area contributed by atoms with E-state index < -0.39 is 0 Å². The van der Waals surface area contributed by atoms with E-state index >= 15 is 0 Å². The first-order valence-corrected chi connectivity index (χ1v) is 12.2. The maximum Gasteiger partial charge on any atom is 0.306 e. The van der Waals surface area contributed by atoms with Crippen molar-refractivity contribution in [3.63, 3.8) is 0 Å². The highest BCUT2D eigenvalue weighted by atomic mass is 32.2. The number of nitriles is 1. The number of thioether (sulfide) groups is 1. The van der Waals surface area contributed by atoms with Gasteiger partial charge >= 0.3 is 5.97 Å². The second kappa shape index (κ2) is 17.8. The topological polar surface area (TPSA) is 50.1 Å². The Morgan fingerprint density at radius 1 is 1.17 bits per heavy atom. The molecule has 164 valence electrons. The number of allylic oxidation sites excluding steroid dienone is 3. The fourth-order valence-electron chi connectivity index (χ4n) is 3.16. The van der Waals surface area contributed by atoms with E-state index in [4.69, 9.17) is 10.00 Å². The van der Waals surface area contributed by atoms with Crippen LogP contribution in [0.4, 0.5) is 0 Å². The summed E-state index contributed by atoms with van der Waals surface area (Å²) in [6.07, 6.45) is 20.4. The molecule has 1 rings (SSSR count). The number of carbonyl (C=O) groups is 1. The van der Waals surface area contributed by atoms with Crippen LogP contribution in [-0.2, 0) is 16.0 Å². The number of nitrogens with zero attached hydrogens (tertiary/aromatic N) is 1. The first-order valence-electron chi connectivity index (χ1n) is 11.2. The largest absolute Gasteiger partial charge is 0.469 e. The molecular formula is C26H37NO2S. The lowest BCUT2D eigenvalue weighted by Crippen LogP contribution is -2.08. The Balaban J connectivity index is 2.45. The van der Waals surface area contributed by atoms with Crippen LogP contribution in [0.15, 0.2) is 48.6 Å². The highest BCUT2D eigenvalue weighted by Crippen LogP contribution is 2.20. The van der Waals surface area contributed by atoms with Crippen LogP contribution < -0.4 is 0 Å². The van der Waals surface area contributed by atoms with Gasteiger partial charge in [0.15, 0.2) is 0 Å². The standard InChI is InChI=1S/C26H37NO2S/c1-3-4-5-6-7-8-9-10-11-12-13-17-25(30-19-18-26(28)29-2)21-23-15-14-16-24(20-23)22-27/h11-17,20,25H,3-10,18-19,21H2,1-2H3. The Morgan fingerprint density at radius 3 is 2.67 bits per heavy atom. The highest BCUT2D eigenvalue weighted by molar-refractivity contribution is 8.00. The van der Waals surface area contributed by atoms with Crippen LogP contribution in [-0.4, -0.2) is 24.1 Å². The molecule has 0 saturated heterocycles. The molecule has 0 bridgehead atoms. The number of hydrogen-bond donors (Lipinski definition) is 0. The number of benzene rings is 1. The predicted octanol–water partition coefficient (Wildman–Crippen LogP) is 7.02. The Labute approximate surface area is 187 Å². The van der Waals surface area contributed by atoms with Gasteiger partial charge in [-0.15, -0.1) is 0 Å². The molecule has 0 aliphatic rings. The summed E-state index contributed by atoms with van der Waals surface area (Å²) in [5, 5.41) is 9.37. The molecule has 4 heteroatoms. The zero-order valence-corrected chi connectivity index (χ0v) is 19.5. The van der Waals surface area contributed by atoms with Gasteiger partial charge in [0.1, 0.15) is 0 Å². The van der Waals surface area contributed by atoms with Gasteiger partial charge in [0.2, 0.25) is 0 Å². The molecule has 0 aliphatic carbocycles. The van der Waals surface area contributed by atoms with Crippen molar-refractivity contribution in [1.82, 2.24) is 0 Å². The zero-order valence-electron chi connectivity index (χ0n) is 18.6. The van der Waals surface area contributed by atoms with Crippen molar-refractivity contribution in [3.8, 4) is 6.07 Å². The average Bonchev–Trinajstić information content (AvgIpc) is 2.77. The lowest BCUT2D eigenvalue weighted by molar-refractivity contribution is -0.140. The van der Waals surface area contributed by atoms with Crippen LogP contribution in [0.3, 0.4) is 0 Å². The quantitative estimate of drug-likeness (QED) is 0.162. The summed E-state index contributed by atoms with van der Waals surface area (Å²) in [6, 6.07) is 9.95. The van der Waals surface area contributed by atoms with Crippen molar-refractivity contribution < 1.29 is 9.53 Å². The minimum absolute atomic E-state index is 0.175. The van der Waals surface area contributed by atoms with Crippen molar-refractivity contribution >= 4 is 17.7 Å². The molecule has 0 radical (unpaired) electrons. The van der Waals surface area contributed by atoms with Crippen LogP contribution in [0.5, 0.6) is 0 Å². The molecule has 0 spiro atoms. The molecule has 0 aliphatic heterocycles. The lowest BCUT2D eigenvalue weighted by atomic mass is 10.1. The fourth-order valence-corrected chi connectivity index (χ4v) is 4.26. The van der Waals surface area contributed by atoms with Crippen molar-refractivity contribution in [3.05, 3.63) is 59.7 Å². The third-order valence-electron chi connectivity index (χ3n) is 4.91. The third-order valence-corrected chi connectivity index (χ3v) is 6.10. The highest BCUT2D eigenvalue weighted by Gasteiger charge is 2.09. The maximum absolute atomic E-state index is 11.4.